The molecular weight excluding hydrogens is 249 g/mol. The molecule has 2 nitrogen and oxygen atoms in total. The Kier molecular flexibility index (Phi) is 4.20. The van der Waals surface area contributed by atoms with Crippen LogP contribution in [0.25, 0.3) is 0 Å². The fourth-order valence-corrected chi connectivity index (χ4v) is 2.47. The van der Waals surface area contributed by atoms with Gasteiger partial charge in [-0.1, -0.05) is 0 Å². The van der Waals surface area contributed by atoms with Gasteiger partial charge in [0.2, 0.25) is 0 Å². The third-order valence-electron chi connectivity index (χ3n) is 2.66. The van der Waals surface area contributed by atoms with Crippen LogP contribution in [0, 0.1) is 5.82 Å². The van der Waals surface area contributed by atoms with Crippen molar-refractivity contribution >= 4 is 17.0 Å². The maximum atomic E-state index is 13.7. The average Bonchev–Trinajstić information content (AvgIpc) is 2.86. The van der Waals surface area contributed by atoms with Gasteiger partial charge < -0.3 is 10.1 Å². The van der Waals surface area contributed by atoms with Gasteiger partial charge in [0, 0.05) is 17.8 Å². The summed E-state index contributed by atoms with van der Waals surface area (Å²) in [6, 6.07) is 7.17. The lowest BCUT2D eigenvalue weighted by molar-refractivity contribution is 0.321. The summed E-state index contributed by atoms with van der Waals surface area (Å²) in [5.41, 5.74) is 1.96. The van der Waals surface area contributed by atoms with Crippen LogP contribution in [-0.2, 0) is 0 Å². The normalized spacial score (nSPS) is 12.2. The van der Waals surface area contributed by atoms with E-state index in [0.717, 1.165) is 5.69 Å². The minimum Gasteiger partial charge on any atom is -0.491 e. The molecule has 0 saturated carbocycles. The van der Waals surface area contributed by atoms with Gasteiger partial charge in [0.1, 0.15) is 0 Å². The van der Waals surface area contributed by atoms with E-state index in [0.29, 0.717) is 12.4 Å². The standard InChI is InChI=1S/C14H16FNOS/c1-3-17-14-5-4-12(8-13(14)15)16-10(2)11-6-7-18-9-11/h4-10,16H,3H2,1-2H3. The number of thiophene rings is 1. The molecule has 0 saturated heterocycles. The summed E-state index contributed by atoms with van der Waals surface area (Å²) < 4.78 is 18.8. The first-order chi connectivity index (χ1) is 8.70. The third kappa shape index (κ3) is 3.01. The number of benzene rings is 1. The minimum absolute atomic E-state index is 0.161. The first-order valence-electron chi connectivity index (χ1n) is 5.91. The second-order valence-electron chi connectivity index (χ2n) is 4.00. The van der Waals surface area contributed by atoms with E-state index < -0.39 is 0 Å². The summed E-state index contributed by atoms with van der Waals surface area (Å²) in [5.74, 6) is -0.0365. The van der Waals surface area contributed by atoms with Crippen molar-refractivity contribution in [3.63, 3.8) is 0 Å². The Hall–Kier alpha value is -1.55. The molecule has 1 N–H and O–H groups in total. The first-order valence-corrected chi connectivity index (χ1v) is 6.86. The monoisotopic (exact) mass is 265 g/mol. The van der Waals surface area contributed by atoms with Crippen LogP contribution in [0.1, 0.15) is 25.5 Å². The molecule has 1 unspecified atom stereocenters. The Bertz CT molecular complexity index is 499. The van der Waals surface area contributed by atoms with Crippen LogP contribution < -0.4 is 10.1 Å². The summed E-state index contributed by atoms with van der Waals surface area (Å²) in [5, 5.41) is 7.39. The van der Waals surface area contributed by atoms with Gasteiger partial charge in [-0.15, -0.1) is 0 Å². The van der Waals surface area contributed by atoms with Crippen LogP contribution in [0.3, 0.4) is 0 Å². The Labute approximate surface area is 110 Å². The highest BCUT2D eigenvalue weighted by atomic mass is 32.1. The Morgan fingerprint density at radius 1 is 1.39 bits per heavy atom. The van der Waals surface area contributed by atoms with Gasteiger partial charge in [0.25, 0.3) is 0 Å². The van der Waals surface area contributed by atoms with E-state index in [2.05, 4.69) is 23.7 Å². The Morgan fingerprint density at radius 3 is 2.83 bits per heavy atom. The average molecular weight is 265 g/mol. The molecular formula is C14H16FNOS. The van der Waals surface area contributed by atoms with Crippen molar-refractivity contribution in [2.45, 2.75) is 19.9 Å². The SMILES string of the molecule is CCOc1ccc(NC(C)c2ccsc2)cc1F. The van der Waals surface area contributed by atoms with Gasteiger partial charge in [-0.25, -0.2) is 4.39 Å². The molecule has 4 heteroatoms. The predicted octanol–water partition coefficient (Wildman–Crippen LogP) is 4.46. The van der Waals surface area contributed by atoms with Crippen molar-refractivity contribution in [1.29, 1.82) is 0 Å². The molecule has 18 heavy (non-hydrogen) atoms. The van der Waals surface area contributed by atoms with E-state index >= 15 is 0 Å². The molecule has 1 atom stereocenters. The molecule has 1 heterocycles. The minimum atomic E-state index is -0.334. The molecule has 0 amide bonds. The molecule has 2 rings (SSSR count). The topological polar surface area (TPSA) is 21.3 Å². The van der Waals surface area contributed by atoms with Crippen molar-refractivity contribution in [2.75, 3.05) is 11.9 Å². The number of ether oxygens (including phenoxy) is 1. The lowest BCUT2D eigenvalue weighted by Crippen LogP contribution is -2.06. The molecule has 1 aromatic heterocycles. The van der Waals surface area contributed by atoms with Crippen molar-refractivity contribution < 1.29 is 9.13 Å². The molecule has 0 aliphatic rings. The second kappa shape index (κ2) is 5.87. The van der Waals surface area contributed by atoms with Crippen molar-refractivity contribution in [3.8, 4) is 5.75 Å². The number of nitrogens with one attached hydrogen (secondary N) is 1. The summed E-state index contributed by atoms with van der Waals surface area (Å²) in [6.45, 7) is 4.36. The van der Waals surface area contributed by atoms with Gasteiger partial charge >= 0.3 is 0 Å². The van der Waals surface area contributed by atoms with E-state index in [1.165, 1.54) is 11.6 Å². The van der Waals surface area contributed by atoms with Gasteiger partial charge in [-0.2, -0.15) is 11.3 Å². The lowest BCUT2D eigenvalue weighted by Gasteiger charge is -2.15. The summed E-state index contributed by atoms with van der Waals surface area (Å²) in [7, 11) is 0. The molecule has 0 radical (unpaired) electrons. The zero-order valence-corrected chi connectivity index (χ0v) is 11.3. The summed E-state index contributed by atoms with van der Waals surface area (Å²) in [6.07, 6.45) is 0. The van der Waals surface area contributed by atoms with E-state index in [-0.39, 0.29) is 11.9 Å². The van der Waals surface area contributed by atoms with Crippen LogP contribution in [0.5, 0.6) is 5.75 Å². The zero-order chi connectivity index (χ0) is 13.0. The van der Waals surface area contributed by atoms with Crippen LogP contribution in [-0.4, -0.2) is 6.61 Å². The van der Waals surface area contributed by atoms with Crippen molar-refractivity contribution in [3.05, 3.63) is 46.4 Å². The quantitative estimate of drug-likeness (QED) is 0.861. The van der Waals surface area contributed by atoms with Gasteiger partial charge in [-0.05, 0) is 48.4 Å². The smallest absolute Gasteiger partial charge is 0.167 e. The van der Waals surface area contributed by atoms with Gasteiger partial charge in [0.15, 0.2) is 11.6 Å². The molecule has 0 bridgehead atoms. The molecule has 0 fully saturated rings. The highest BCUT2D eigenvalue weighted by Gasteiger charge is 2.08. The highest BCUT2D eigenvalue weighted by molar-refractivity contribution is 7.07. The zero-order valence-electron chi connectivity index (χ0n) is 10.4. The molecule has 1 aromatic carbocycles. The van der Waals surface area contributed by atoms with E-state index in [4.69, 9.17) is 4.74 Å². The maximum absolute atomic E-state index is 13.7. The molecule has 96 valence electrons. The van der Waals surface area contributed by atoms with Crippen molar-refractivity contribution in [1.82, 2.24) is 0 Å². The number of rotatable bonds is 5. The van der Waals surface area contributed by atoms with E-state index in [1.54, 1.807) is 17.4 Å². The lowest BCUT2D eigenvalue weighted by atomic mass is 10.1. The number of hydrogen-bond acceptors (Lipinski definition) is 3. The summed E-state index contributed by atoms with van der Waals surface area (Å²) >= 11 is 1.66. The van der Waals surface area contributed by atoms with Crippen molar-refractivity contribution in [2.24, 2.45) is 0 Å². The van der Waals surface area contributed by atoms with Crippen LogP contribution in [0.15, 0.2) is 35.0 Å². The van der Waals surface area contributed by atoms with Crippen LogP contribution in [0.2, 0.25) is 0 Å². The van der Waals surface area contributed by atoms with Gasteiger partial charge in [0.05, 0.1) is 6.61 Å². The second-order valence-corrected chi connectivity index (χ2v) is 4.78. The number of anilines is 1. The highest BCUT2D eigenvalue weighted by Crippen LogP contribution is 2.25. The van der Waals surface area contributed by atoms with Crippen LogP contribution in [0.4, 0.5) is 10.1 Å². The fourth-order valence-electron chi connectivity index (χ4n) is 1.72. The van der Waals surface area contributed by atoms with E-state index in [9.17, 15) is 4.39 Å². The molecule has 0 aliphatic carbocycles. The van der Waals surface area contributed by atoms with E-state index in [1.807, 2.05) is 18.4 Å². The Balaban J connectivity index is 2.08. The maximum Gasteiger partial charge on any atom is 0.167 e. The van der Waals surface area contributed by atoms with Crippen LogP contribution >= 0.6 is 11.3 Å². The Morgan fingerprint density at radius 2 is 2.22 bits per heavy atom. The predicted molar refractivity (Wildman–Crippen MR) is 73.9 cm³/mol. The first kappa shape index (κ1) is 12.9. The molecule has 0 aliphatic heterocycles. The number of hydrogen-bond donors (Lipinski definition) is 1. The third-order valence-corrected chi connectivity index (χ3v) is 3.36. The largest absolute Gasteiger partial charge is 0.491 e. The van der Waals surface area contributed by atoms with Gasteiger partial charge in [-0.3, -0.25) is 0 Å². The fraction of sp³-hybridized carbons (Fsp3) is 0.286. The molecule has 0 spiro atoms. The molecule has 2 aromatic rings. The summed E-state index contributed by atoms with van der Waals surface area (Å²) in [4.78, 5) is 0. The number of halogens is 1.